The van der Waals surface area contributed by atoms with Gasteiger partial charge in [-0.1, -0.05) is 26.0 Å². The van der Waals surface area contributed by atoms with Crippen LogP contribution in [0.1, 0.15) is 38.3 Å². The molecule has 30 heavy (non-hydrogen) atoms. The van der Waals surface area contributed by atoms with Crippen molar-refractivity contribution in [2.45, 2.75) is 38.8 Å². The van der Waals surface area contributed by atoms with E-state index in [0.717, 1.165) is 44.4 Å². The zero-order valence-corrected chi connectivity index (χ0v) is 18.7. The number of halogens is 1. The summed E-state index contributed by atoms with van der Waals surface area (Å²) >= 11 is 0. The molecule has 2 unspecified atom stereocenters. The first kappa shape index (κ1) is 23.0. The Bertz CT molecular complexity index is 654. The highest BCUT2D eigenvalue weighted by atomic mass is 19.1. The quantitative estimate of drug-likeness (QED) is 0.501. The van der Waals surface area contributed by atoms with Crippen LogP contribution in [0.3, 0.4) is 0 Å². The van der Waals surface area contributed by atoms with Crippen LogP contribution in [-0.2, 0) is 4.74 Å². The average Bonchev–Trinajstić information content (AvgIpc) is 3.28. The second kappa shape index (κ2) is 11.6. The number of nitrogens with one attached hydrogen (secondary N) is 2. The molecule has 2 aliphatic rings. The Morgan fingerprint density at radius 3 is 2.23 bits per heavy atom. The number of rotatable bonds is 8. The molecule has 1 aromatic carbocycles. The first-order valence-corrected chi connectivity index (χ1v) is 11.3. The van der Waals surface area contributed by atoms with Crippen molar-refractivity contribution in [3.05, 3.63) is 35.6 Å². The molecule has 168 valence electrons. The van der Waals surface area contributed by atoms with Gasteiger partial charge in [0, 0.05) is 39.3 Å². The number of morpholine rings is 1. The SMILES string of the molecule is CN=C(NCC(c1ccc(F)cc1)N1CCOCC1)NCC(C(C)C)N1CCCC1. The third kappa shape index (κ3) is 6.40. The maximum atomic E-state index is 13.4. The highest BCUT2D eigenvalue weighted by Gasteiger charge is 2.26. The minimum absolute atomic E-state index is 0.146. The summed E-state index contributed by atoms with van der Waals surface area (Å²) in [7, 11) is 1.82. The van der Waals surface area contributed by atoms with E-state index in [-0.39, 0.29) is 11.9 Å². The lowest BCUT2D eigenvalue weighted by Gasteiger charge is -2.35. The second-order valence-electron chi connectivity index (χ2n) is 8.60. The van der Waals surface area contributed by atoms with Crippen molar-refractivity contribution in [3.8, 4) is 0 Å². The molecule has 0 radical (unpaired) electrons. The predicted octanol–water partition coefficient (Wildman–Crippen LogP) is 2.48. The van der Waals surface area contributed by atoms with E-state index >= 15 is 0 Å². The topological polar surface area (TPSA) is 52.1 Å². The van der Waals surface area contributed by atoms with Crippen molar-refractivity contribution < 1.29 is 9.13 Å². The van der Waals surface area contributed by atoms with E-state index in [2.05, 4.69) is 39.3 Å². The van der Waals surface area contributed by atoms with Gasteiger partial charge in [0.2, 0.25) is 0 Å². The van der Waals surface area contributed by atoms with Crippen LogP contribution < -0.4 is 10.6 Å². The van der Waals surface area contributed by atoms with Crippen LogP contribution in [-0.4, -0.2) is 81.3 Å². The summed E-state index contributed by atoms with van der Waals surface area (Å²) in [5.41, 5.74) is 1.11. The molecule has 6 nitrogen and oxygen atoms in total. The maximum absolute atomic E-state index is 13.4. The predicted molar refractivity (Wildman–Crippen MR) is 120 cm³/mol. The summed E-state index contributed by atoms with van der Waals surface area (Å²) in [6.07, 6.45) is 2.60. The lowest BCUT2D eigenvalue weighted by atomic mass is 10.0. The van der Waals surface area contributed by atoms with E-state index in [1.807, 2.05) is 19.2 Å². The van der Waals surface area contributed by atoms with E-state index in [0.29, 0.717) is 18.5 Å². The minimum Gasteiger partial charge on any atom is -0.379 e. The minimum atomic E-state index is -0.202. The average molecular weight is 420 g/mol. The molecule has 0 aromatic heterocycles. The molecule has 2 aliphatic heterocycles. The van der Waals surface area contributed by atoms with Crippen molar-refractivity contribution >= 4 is 5.96 Å². The Kier molecular flexibility index (Phi) is 8.90. The third-order valence-electron chi connectivity index (χ3n) is 6.29. The molecule has 2 N–H and O–H groups in total. The fourth-order valence-corrected chi connectivity index (χ4v) is 4.51. The molecule has 0 amide bonds. The Hall–Kier alpha value is -1.70. The van der Waals surface area contributed by atoms with Gasteiger partial charge >= 0.3 is 0 Å². The molecule has 7 heteroatoms. The van der Waals surface area contributed by atoms with E-state index in [9.17, 15) is 4.39 Å². The van der Waals surface area contributed by atoms with Crippen LogP contribution in [0.5, 0.6) is 0 Å². The highest BCUT2D eigenvalue weighted by Crippen LogP contribution is 2.22. The van der Waals surface area contributed by atoms with Gasteiger partial charge in [0.15, 0.2) is 5.96 Å². The number of ether oxygens (including phenoxy) is 1. The lowest BCUT2D eigenvalue weighted by Crippen LogP contribution is -2.50. The largest absolute Gasteiger partial charge is 0.379 e. The van der Waals surface area contributed by atoms with Gasteiger partial charge in [0.05, 0.1) is 19.3 Å². The van der Waals surface area contributed by atoms with Crippen LogP contribution in [0.2, 0.25) is 0 Å². The lowest BCUT2D eigenvalue weighted by molar-refractivity contribution is 0.0170. The first-order chi connectivity index (χ1) is 14.6. The van der Waals surface area contributed by atoms with Gasteiger partial charge in [0.1, 0.15) is 5.82 Å². The first-order valence-electron chi connectivity index (χ1n) is 11.3. The van der Waals surface area contributed by atoms with Gasteiger partial charge in [-0.05, 0) is 49.5 Å². The summed E-state index contributed by atoms with van der Waals surface area (Å²) < 4.78 is 19.0. The van der Waals surface area contributed by atoms with Crippen LogP contribution in [0.15, 0.2) is 29.3 Å². The number of guanidine groups is 1. The van der Waals surface area contributed by atoms with Crippen LogP contribution in [0.25, 0.3) is 0 Å². The second-order valence-corrected chi connectivity index (χ2v) is 8.60. The van der Waals surface area contributed by atoms with Crippen LogP contribution in [0.4, 0.5) is 4.39 Å². The molecule has 0 aliphatic carbocycles. The fraction of sp³-hybridized carbons (Fsp3) is 0.696. The third-order valence-corrected chi connectivity index (χ3v) is 6.29. The highest BCUT2D eigenvalue weighted by molar-refractivity contribution is 5.79. The number of likely N-dealkylation sites (tertiary alicyclic amines) is 1. The smallest absolute Gasteiger partial charge is 0.191 e. The fourth-order valence-electron chi connectivity index (χ4n) is 4.51. The standard InChI is InChI=1S/C23H38FN5O/c1-18(2)21(28-10-4-5-11-28)16-26-23(25-3)27-17-22(29-12-14-30-15-13-29)19-6-8-20(24)9-7-19/h6-9,18,21-22H,4-5,10-17H2,1-3H3,(H2,25,26,27). The molecule has 0 spiro atoms. The molecule has 2 atom stereocenters. The number of hydrogen-bond acceptors (Lipinski definition) is 4. The molecule has 0 bridgehead atoms. The maximum Gasteiger partial charge on any atom is 0.191 e. The van der Waals surface area contributed by atoms with Crippen molar-refractivity contribution in [3.63, 3.8) is 0 Å². The number of aliphatic imine (C=N–C) groups is 1. The van der Waals surface area contributed by atoms with Crippen molar-refractivity contribution in [2.24, 2.45) is 10.9 Å². The zero-order chi connectivity index (χ0) is 21.3. The Labute approximate surface area is 180 Å². The number of benzene rings is 1. The normalized spacial score (nSPS) is 21.0. The molecule has 1 aromatic rings. The molecular formula is C23H38FN5O. The van der Waals surface area contributed by atoms with Gasteiger partial charge in [0.25, 0.3) is 0 Å². The van der Waals surface area contributed by atoms with Crippen molar-refractivity contribution in [1.29, 1.82) is 0 Å². The molecule has 0 saturated carbocycles. The summed E-state index contributed by atoms with van der Waals surface area (Å²) in [6.45, 7) is 11.8. The summed E-state index contributed by atoms with van der Waals surface area (Å²) in [5, 5.41) is 7.05. The van der Waals surface area contributed by atoms with Gasteiger partial charge in [-0.15, -0.1) is 0 Å². The molecule has 2 saturated heterocycles. The van der Waals surface area contributed by atoms with E-state index in [4.69, 9.17) is 4.74 Å². The number of hydrogen-bond donors (Lipinski definition) is 2. The van der Waals surface area contributed by atoms with E-state index in [1.165, 1.54) is 25.9 Å². The Morgan fingerprint density at radius 1 is 1.00 bits per heavy atom. The molecular weight excluding hydrogens is 381 g/mol. The van der Waals surface area contributed by atoms with Crippen LogP contribution in [0, 0.1) is 11.7 Å². The Morgan fingerprint density at radius 2 is 1.63 bits per heavy atom. The number of nitrogens with zero attached hydrogens (tertiary/aromatic N) is 3. The van der Waals surface area contributed by atoms with Crippen molar-refractivity contribution in [2.75, 3.05) is 59.5 Å². The summed E-state index contributed by atoms with van der Waals surface area (Å²) in [5.74, 6) is 1.21. The summed E-state index contributed by atoms with van der Waals surface area (Å²) in [4.78, 5) is 9.44. The molecule has 2 heterocycles. The Balaban J connectivity index is 1.60. The molecule has 3 rings (SSSR count). The van der Waals surface area contributed by atoms with Gasteiger partial charge in [-0.3, -0.25) is 14.8 Å². The van der Waals surface area contributed by atoms with Crippen molar-refractivity contribution in [1.82, 2.24) is 20.4 Å². The van der Waals surface area contributed by atoms with Gasteiger partial charge in [-0.2, -0.15) is 0 Å². The van der Waals surface area contributed by atoms with E-state index in [1.54, 1.807) is 12.1 Å². The van der Waals surface area contributed by atoms with Gasteiger partial charge in [-0.25, -0.2) is 4.39 Å². The van der Waals surface area contributed by atoms with Crippen LogP contribution >= 0.6 is 0 Å². The molecule has 2 fully saturated rings. The van der Waals surface area contributed by atoms with E-state index < -0.39 is 0 Å². The van der Waals surface area contributed by atoms with Gasteiger partial charge < -0.3 is 15.4 Å². The monoisotopic (exact) mass is 419 g/mol. The summed E-state index contributed by atoms with van der Waals surface area (Å²) in [6, 6.07) is 7.51. The zero-order valence-electron chi connectivity index (χ0n) is 18.7.